The fourth-order valence-corrected chi connectivity index (χ4v) is 3.34. The topological polar surface area (TPSA) is 0 Å². The lowest BCUT2D eigenvalue weighted by Crippen LogP contribution is -1.97. The molecule has 0 N–H and O–H groups in total. The second-order valence-corrected chi connectivity index (χ2v) is 5.60. The van der Waals surface area contributed by atoms with Crippen molar-refractivity contribution in [1.29, 1.82) is 0 Å². The monoisotopic (exact) mass is 278 g/mol. The molecule has 0 spiro atoms. The van der Waals surface area contributed by atoms with Crippen molar-refractivity contribution in [2.75, 3.05) is 0 Å². The van der Waals surface area contributed by atoms with Crippen LogP contribution in [-0.4, -0.2) is 0 Å². The Hall–Kier alpha value is -0.820. The molecule has 2 rings (SSSR count). The average molecular weight is 279 g/mol. The molecule has 0 nitrogen and oxygen atoms in total. The van der Waals surface area contributed by atoms with Crippen molar-refractivity contribution in [1.82, 2.24) is 0 Å². The summed E-state index contributed by atoms with van der Waals surface area (Å²) in [5.41, 5.74) is 4.43. The second-order valence-electron chi connectivity index (χ2n) is 4.51. The Morgan fingerprint density at radius 1 is 1.16 bits per heavy atom. The van der Waals surface area contributed by atoms with Crippen LogP contribution in [0, 0.1) is 0 Å². The molecule has 0 unspecified atom stereocenters. The molecule has 1 heterocycles. The summed E-state index contributed by atoms with van der Waals surface area (Å²) in [5, 5.41) is 0. The van der Waals surface area contributed by atoms with Crippen LogP contribution in [0.2, 0.25) is 0 Å². The van der Waals surface area contributed by atoms with Crippen LogP contribution in [0.3, 0.4) is 0 Å². The van der Waals surface area contributed by atoms with E-state index in [2.05, 4.69) is 33.4 Å². The number of fused-ring (bicyclic) bond motifs is 1. The largest absolute Gasteiger partial charge is 0.140 e. The van der Waals surface area contributed by atoms with Crippen LogP contribution in [0.4, 0.5) is 0 Å². The van der Waals surface area contributed by atoms with Crippen molar-refractivity contribution in [3.8, 4) is 0 Å². The molecular formula is C18H30S. The summed E-state index contributed by atoms with van der Waals surface area (Å²) in [6.45, 7) is 18.7. The summed E-state index contributed by atoms with van der Waals surface area (Å²) in [6, 6.07) is 2.40. The highest BCUT2D eigenvalue weighted by molar-refractivity contribution is 7.13. The van der Waals surface area contributed by atoms with E-state index in [0.717, 1.165) is 6.42 Å². The maximum absolute atomic E-state index is 3.90. The molecule has 0 atom stereocenters. The first-order valence-electron chi connectivity index (χ1n) is 7.58. The lowest BCUT2D eigenvalue weighted by molar-refractivity contribution is 0.883. The van der Waals surface area contributed by atoms with Crippen LogP contribution in [0.1, 0.15) is 76.1 Å². The van der Waals surface area contributed by atoms with Crippen molar-refractivity contribution in [3.63, 3.8) is 0 Å². The molecule has 0 saturated carbocycles. The van der Waals surface area contributed by atoms with E-state index in [1.165, 1.54) is 27.3 Å². The Morgan fingerprint density at radius 3 is 2.21 bits per heavy atom. The predicted molar refractivity (Wildman–Crippen MR) is 92.2 cm³/mol. The summed E-state index contributed by atoms with van der Waals surface area (Å²) in [4.78, 5) is 3.02. The maximum Gasteiger partial charge on any atom is 0.0337 e. The van der Waals surface area contributed by atoms with E-state index in [1.807, 2.05) is 45.1 Å². The summed E-state index contributed by atoms with van der Waals surface area (Å²) in [6.07, 6.45) is 4.38. The van der Waals surface area contributed by atoms with Crippen molar-refractivity contribution >= 4 is 16.9 Å². The van der Waals surface area contributed by atoms with Crippen LogP contribution in [-0.2, 0) is 6.42 Å². The van der Waals surface area contributed by atoms with Gasteiger partial charge in [0.05, 0.1) is 0 Å². The van der Waals surface area contributed by atoms with Gasteiger partial charge in [0.15, 0.2) is 0 Å². The predicted octanol–water partition coefficient (Wildman–Crippen LogP) is 6.83. The molecule has 0 saturated heterocycles. The molecular weight excluding hydrogens is 248 g/mol. The Balaban J connectivity index is 0.000000741. The van der Waals surface area contributed by atoms with Gasteiger partial charge >= 0.3 is 0 Å². The number of thiophene rings is 1. The second kappa shape index (κ2) is 9.14. The molecule has 0 aliphatic heterocycles. The third-order valence-corrected chi connectivity index (χ3v) is 4.73. The molecule has 1 heteroatoms. The van der Waals surface area contributed by atoms with Gasteiger partial charge in [-0.15, -0.1) is 11.3 Å². The van der Waals surface area contributed by atoms with E-state index in [0.29, 0.717) is 5.92 Å². The lowest BCUT2D eigenvalue weighted by atomic mass is 9.92. The van der Waals surface area contributed by atoms with Gasteiger partial charge in [0, 0.05) is 9.75 Å². The first-order valence-corrected chi connectivity index (χ1v) is 8.40. The summed E-state index contributed by atoms with van der Waals surface area (Å²) >= 11 is 1.96. The van der Waals surface area contributed by atoms with E-state index < -0.39 is 0 Å². The van der Waals surface area contributed by atoms with Crippen molar-refractivity contribution < 1.29 is 0 Å². The highest BCUT2D eigenvalue weighted by Crippen LogP contribution is 2.39. The molecule has 0 amide bonds. The first-order chi connectivity index (χ1) is 9.13. The minimum atomic E-state index is 0.653. The maximum atomic E-state index is 3.90. The van der Waals surface area contributed by atoms with Crippen molar-refractivity contribution in [2.45, 2.75) is 67.2 Å². The van der Waals surface area contributed by atoms with Gasteiger partial charge < -0.3 is 0 Å². The zero-order valence-electron chi connectivity index (χ0n) is 13.8. The number of aryl methyl sites for hydroxylation is 1. The fourth-order valence-electron chi connectivity index (χ4n) is 2.10. The Morgan fingerprint density at radius 2 is 1.74 bits per heavy atom. The van der Waals surface area contributed by atoms with Gasteiger partial charge in [-0.25, -0.2) is 0 Å². The molecule has 19 heavy (non-hydrogen) atoms. The highest BCUT2D eigenvalue weighted by Gasteiger charge is 2.18. The molecule has 0 aromatic carbocycles. The highest BCUT2D eigenvalue weighted by atomic mass is 32.1. The molecule has 0 radical (unpaired) electrons. The summed E-state index contributed by atoms with van der Waals surface area (Å²) in [7, 11) is 0. The van der Waals surface area contributed by atoms with E-state index in [-0.39, 0.29) is 0 Å². The zero-order chi connectivity index (χ0) is 15.0. The van der Waals surface area contributed by atoms with E-state index in [1.54, 1.807) is 5.56 Å². The fraction of sp³-hybridized carbons (Fsp3) is 0.556. The van der Waals surface area contributed by atoms with Crippen LogP contribution in [0.5, 0.6) is 0 Å². The van der Waals surface area contributed by atoms with Crippen molar-refractivity contribution in [3.05, 3.63) is 39.6 Å². The minimum absolute atomic E-state index is 0.653. The molecule has 0 bridgehead atoms. The van der Waals surface area contributed by atoms with Gasteiger partial charge in [-0.3, -0.25) is 0 Å². The third kappa shape index (κ3) is 4.35. The third-order valence-electron chi connectivity index (χ3n) is 3.13. The van der Waals surface area contributed by atoms with Crippen LogP contribution in [0.25, 0.3) is 5.57 Å². The van der Waals surface area contributed by atoms with Crippen LogP contribution >= 0.6 is 11.3 Å². The van der Waals surface area contributed by atoms with Crippen molar-refractivity contribution in [2.24, 2.45) is 0 Å². The quantitative estimate of drug-likeness (QED) is 0.556. The summed E-state index contributed by atoms with van der Waals surface area (Å²) < 4.78 is 0. The minimum Gasteiger partial charge on any atom is -0.140 e. The van der Waals surface area contributed by atoms with E-state index >= 15 is 0 Å². The van der Waals surface area contributed by atoms with Gasteiger partial charge in [0.1, 0.15) is 0 Å². The van der Waals surface area contributed by atoms with Gasteiger partial charge in [-0.1, -0.05) is 54.2 Å². The van der Waals surface area contributed by atoms with Crippen LogP contribution < -0.4 is 0 Å². The van der Waals surface area contributed by atoms with Gasteiger partial charge in [-0.05, 0) is 48.5 Å². The molecule has 1 aliphatic rings. The molecule has 1 aromatic rings. The van der Waals surface area contributed by atoms with E-state index in [9.17, 15) is 0 Å². The Bertz CT molecular complexity index is 419. The number of rotatable bonds is 2. The van der Waals surface area contributed by atoms with Gasteiger partial charge in [0.2, 0.25) is 0 Å². The standard InChI is InChI=1S/C14H18S.2C2H6/c1-5-11-6-7-12-8-13(9(2)3)15-14(12)10(11)4;2*1-2/h5,8-9H,1,6-7H2,2-4H3;2*1-2H3. The normalized spacial score (nSPS) is 13.1. The number of hydrogen-bond donors (Lipinski definition) is 0. The SMILES string of the molecule is C=CC1=C(C)c2sc(C(C)C)cc2CC1.CC.CC. The summed E-state index contributed by atoms with van der Waals surface area (Å²) in [5.74, 6) is 0.653. The smallest absolute Gasteiger partial charge is 0.0337 e. The Kier molecular flexibility index (Phi) is 8.75. The lowest BCUT2D eigenvalue weighted by Gasteiger charge is -2.14. The Labute approximate surface area is 124 Å². The van der Waals surface area contributed by atoms with E-state index in [4.69, 9.17) is 0 Å². The average Bonchev–Trinajstić information content (AvgIpc) is 2.89. The van der Waals surface area contributed by atoms with Crippen LogP contribution in [0.15, 0.2) is 24.3 Å². The molecule has 0 fully saturated rings. The number of hydrogen-bond acceptors (Lipinski definition) is 1. The first kappa shape index (κ1) is 18.2. The molecule has 1 aromatic heterocycles. The molecule has 1 aliphatic carbocycles. The number of allylic oxidation sites excluding steroid dienone is 3. The zero-order valence-corrected chi connectivity index (χ0v) is 14.6. The molecule has 108 valence electrons. The van der Waals surface area contributed by atoms with Gasteiger partial charge in [-0.2, -0.15) is 0 Å². The van der Waals surface area contributed by atoms with Gasteiger partial charge in [0.25, 0.3) is 0 Å².